The average molecular weight is 527 g/mol. The molecule has 1 aliphatic heterocycles. The number of hydrogen-bond acceptors (Lipinski definition) is 10. The molecule has 4 heterocycles. The van der Waals surface area contributed by atoms with E-state index in [2.05, 4.69) is 44.0 Å². The fraction of sp³-hybridized carbons (Fsp3) is 0.375. The number of nitrogens with one attached hydrogen (secondary N) is 1. The zero-order valence-corrected chi connectivity index (χ0v) is 22.2. The zero-order chi connectivity index (χ0) is 25.4. The van der Waals surface area contributed by atoms with Crippen molar-refractivity contribution >= 4 is 55.0 Å². The van der Waals surface area contributed by atoms with E-state index in [0.717, 1.165) is 34.6 Å². The van der Waals surface area contributed by atoms with E-state index in [1.165, 1.54) is 22.7 Å². The molecule has 1 aromatic carbocycles. The molecule has 1 amide bonds. The summed E-state index contributed by atoms with van der Waals surface area (Å²) in [4.78, 5) is 36.5. The van der Waals surface area contributed by atoms with Gasteiger partial charge in [-0.05, 0) is 26.0 Å². The van der Waals surface area contributed by atoms with Crippen LogP contribution in [0.25, 0.3) is 21.5 Å². The first-order valence-electron chi connectivity index (χ1n) is 11.6. The molecular weight excluding hydrogens is 499 g/mol. The Morgan fingerprint density at radius 2 is 1.92 bits per heavy atom. The molecule has 0 spiro atoms. The van der Waals surface area contributed by atoms with E-state index in [-0.39, 0.29) is 17.5 Å². The van der Waals surface area contributed by atoms with Crippen LogP contribution in [-0.2, 0) is 0 Å². The van der Waals surface area contributed by atoms with Crippen LogP contribution in [0.1, 0.15) is 24.3 Å². The van der Waals surface area contributed by atoms with Crippen LogP contribution in [-0.4, -0.2) is 82.0 Å². The van der Waals surface area contributed by atoms with Gasteiger partial charge in [-0.3, -0.25) is 9.69 Å². The number of carbonyl (C=O) groups excluding carboxylic acids is 1. The van der Waals surface area contributed by atoms with E-state index in [9.17, 15) is 9.18 Å². The van der Waals surface area contributed by atoms with E-state index in [4.69, 9.17) is 0 Å². The molecule has 0 bridgehead atoms. The number of rotatable bonds is 6. The summed E-state index contributed by atoms with van der Waals surface area (Å²) >= 11 is 2.82. The van der Waals surface area contributed by atoms with Crippen molar-refractivity contribution in [1.29, 1.82) is 0 Å². The molecule has 4 aromatic rings. The third-order valence-electron chi connectivity index (χ3n) is 6.05. The van der Waals surface area contributed by atoms with Gasteiger partial charge < -0.3 is 15.1 Å². The Kier molecular flexibility index (Phi) is 6.82. The summed E-state index contributed by atoms with van der Waals surface area (Å²) in [7, 11) is 3.87. The van der Waals surface area contributed by atoms with Gasteiger partial charge in [0, 0.05) is 57.3 Å². The Balaban J connectivity index is 1.31. The predicted octanol–water partition coefficient (Wildman–Crippen LogP) is 4.32. The fourth-order valence-electron chi connectivity index (χ4n) is 4.01. The van der Waals surface area contributed by atoms with Crippen LogP contribution in [0.4, 0.5) is 20.6 Å². The highest BCUT2D eigenvalue weighted by molar-refractivity contribution is 7.22. The number of fused-ring (bicyclic) bond motifs is 1. The molecule has 0 aliphatic carbocycles. The number of benzene rings is 1. The second kappa shape index (κ2) is 10.0. The lowest BCUT2D eigenvalue weighted by atomic mass is 10.1. The van der Waals surface area contributed by atoms with Gasteiger partial charge in [0.2, 0.25) is 5.95 Å². The first-order valence-corrected chi connectivity index (χ1v) is 13.3. The number of amides is 1. The van der Waals surface area contributed by atoms with Gasteiger partial charge in [0.1, 0.15) is 11.4 Å². The summed E-state index contributed by atoms with van der Waals surface area (Å²) in [5, 5.41) is 6.10. The largest absolute Gasteiger partial charge is 0.354 e. The summed E-state index contributed by atoms with van der Waals surface area (Å²) in [6.45, 7) is 7.40. The zero-order valence-electron chi connectivity index (χ0n) is 20.5. The maximum absolute atomic E-state index is 14.7. The predicted molar refractivity (Wildman–Crippen MR) is 143 cm³/mol. The van der Waals surface area contributed by atoms with Crippen LogP contribution in [0.3, 0.4) is 0 Å². The normalized spacial score (nSPS) is 14.6. The average Bonchev–Trinajstić information content (AvgIpc) is 3.51. The third kappa shape index (κ3) is 5.01. The van der Waals surface area contributed by atoms with Crippen LogP contribution in [0.2, 0.25) is 0 Å². The van der Waals surface area contributed by atoms with Crippen molar-refractivity contribution < 1.29 is 9.18 Å². The van der Waals surface area contributed by atoms with Gasteiger partial charge in [-0.25, -0.2) is 24.3 Å². The van der Waals surface area contributed by atoms with Gasteiger partial charge in [-0.2, -0.15) is 0 Å². The molecule has 5 rings (SSSR count). The molecule has 0 unspecified atom stereocenters. The maximum atomic E-state index is 14.7. The van der Waals surface area contributed by atoms with Crippen molar-refractivity contribution in [3.63, 3.8) is 0 Å². The van der Waals surface area contributed by atoms with Gasteiger partial charge in [-0.1, -0.05) is 17.4 Å². The van der Waals surface area contributed by atoms with Crippen molar-refractivity contribution in [2.75, 3.05) is 50.5 Å². The van der Waals surface area contributed by atoms with E-state index >= 15 is 0 Å². The molecular formula is C24H27FN8OS2. The lowest BCUT2D eigenvalue weighted by Gasteiger charge is -2.36. The molecule has 1 fully saturated rings. The Morgan fingerprint density at radius 3 is 2.64 bits per heavy atom. The van der Waals surface area contributed by atoms with Crippen LogP contribution in [0.15, 0.2) is 29.8 Å². The summed E-state index contributed by atoms with van der Waals surface area (Å²) in [6, 6.07) is 6.02. The van der Waals surface area contributed by atoms with Crippen LogP contribution >= 0.6 is 22.7 Å². The summed E-state index contributed by atoms with van der Waals surface area (Å²) in [5.74, 6) is -0.394. The van der Waals surface area contributed by atoms with Crippen LogP contribution in [0.5, 0.6) is 0 Å². The molecule has 1 aliphatic rings. The third-order valence-corrected chi connectivity index (χ3v) is 7.99. The van der Waals surface area contributed by atoms with E-state index in [1.54, 1.807) is 11.4 Å². The fourth-order valence-corrected chi connectivity index (χ4v) is 5.61. The molecule has 3 aromatic heterocycles. The molecule has 0 saturated carbocycles. The molecule has 0 atom stereocenters. The molecule has 0 radical (unpaired) electrons. The summed E-state index contributed by atoms with van der Waals surface area (Å²) in [5.41, 5.74) is 2.06. The number of anilines is 3. The minimum Gasteiger partial charge on any atom is -0.354 e. The summed E-state index contributed by atoms with van der Waals surface area (Å²) in [6.07, 6.45) is 1.14. The van der Waals surface area contributed by atoms with Crippen LogP contribution < -0.4 is 10.2 Å². The molecule has 12 heteroatoms. The number of thiazole rings is 2. The first-order chi connectivity index (χ1) is 17.3. The van der Waals surface area contributed by atoms with Crippen molar-refractivity contribution in [3.8, 4) is 11.3 Å². The summed E-state index contributed by atoms with van der Waals surface area (Å²) < 4.78 is 15.6. The van der Waals surface area contributed by atoms with E-state index in [1.807, 2.05) is 36.0 Å². The molecule has 188 valence electrons. The topological polar surface area (TPSA) is 90.4 Å². The second-order valence-electron chi connectivity index (χ2n) is 9.05. The lowest BCUT2D eigenvalue weighted by molar-refractivity contribution is 0.0591. The minimum absolute atomic E-state index is 0.0848. The van der Waals surface area contributed by atoms with Gasteiger partial charge in [0.15, 0.2) is 16.1 Å². The monoisotopic (exact) mass is 526 g/mol. The highest BCUT2D eigenvalue weighted by Gasteiger charge is 2.25. The van der Waals surface area contributed by atoms with Gasteiger partial charge in [0.05, 0.1) is 16.4 Å². The Morgan fingerprint density at radius 1 is 1.14 bits per heavy atom. The molecule has 1 N–H and O–H groups in total. The van der Waals surface area contributed by atoms with Crippen molar-refractivity contribution in [3.05, 3.63) is 41.3 Å². The number of hydrogen-bond donors (Lipinski definition) is 1. The first kappa shape index (κ1) is 24.5. The molecule has 9 nitrogen and oxygen atoms in total. The van der Waals surface area contributed by atoms with Gasteiger partial charge in [-0.15, -0.1) is 11.3 Å². The quantitative estimate of drug-likeness (QED) is 0.397. The highest BCUT2D eigenvalue weighted by atomic mass is 32.1. The van der Waals surface area contributed by atoms with Crippen molar-refractivity contribution in [2.45, 2.75) is 19.9 Å². The number of piperazine rings is 1. The smallest absolute Gasteiger partial charge is 0.273 e. The van der Waals surface area contributed by atoms with E-state index < -0.39 is 5.82 Å². The number of carbonyl (C=O) groups is 1. The Labute approximate surface area is 216 Å². The Bertz CT molecular complexity index is 1390. The minimum atomic E-state index is -0.521. The van der Waals surface area contributed by atoms with Crippen molar-refractivity contribution in [2.24, 2.45) is 0 Å². The molecule has 1 saturated heterocycles. The number of aromatic nitrogens is 4. The second-order valence-corrected chi connectivity index (χ2v) is 10.9. The number of nitrogens with zero attached hydrogens (tertiary/aromatic N) is 7. The SMILES string of the molecule is CC(C)N1CCN(C(=O)c2csc(Nc3ncc(F)c(-c4ccc5nc(N(C)C)sc5c4)n3)n2)CC1. The van der Waals surface area contributed by atoms with Crippen molar-refractivity contribution in [1.82, 2.24) is 29.7 Å². The lowest BCUT2D eigenvalue weighted by Crippen LogP contribution is -2.50. The van der Waals surface area contributed by atoms with Gasteiger partial charge in [0.25, 0.3) is 5.91 Å². The highest BCUT2D eigenvalue weighted by Crippen LogP contribution is 2.32. The van der Waals surface area contributed by atoms with E-state index in [0.29, 0.717) is 35.5 Å². The van der Waals surface area contributed by atoms with Crippen LogP contribution in [0, 0.1) is 5.82 Å². The van der Waals surface area contributed by atoms with Gasteiger partial charge >= 0.3 is 0 Å². The maximum Gasteiger partial charge on any atom is 0.273 e. The Hall–Kier alpha value is -3.22. The number of halogens is 1. The molecule has 36 heavy (non-hydrogen) atoms. The standard InChI is InChI=1S/C24H27FN8OS2/c1-14(2)32-7-9-33(10-8-32)21(34)18-13-35-23(27-18)30-22-26-12-16(25)20(29-22)15-5-6-17-19(11-15)36-24(28-17)31(3)4/h5-6,11-14H,7-10H2,1-4H3,(H,26,27,29,30).